The fourth-order valence-corrected chi connectivity index (χ4v) is 7.76. The quantitative estimate of drug-likeness (QED) is 0.345. The standard InChI is InChI=1S/C34H42N4O7/c1-36(2)12-7-13-38(5)17-18-8-6-9-19(14-18)21-10-11-24(39)26-22(21)15-20-16-23-28(37(3)4)30(41)27(33(35)44)32(43)34(23,45)31(42)25(20)29(26)40/h6,8-11,14,20,23,25,27-28,39,45H,7,12-13,15-17H2,1-5H3,(H2,35,44)/t20-,23-,25?,27?,28-,34-/m0/s1. The Labute approximate surface area is 263 Å². The zero-order chi connectivity index (χ0) is 33.0. The predicted octanol–water partition coefficient (Wildman–Crippen LogP) is 0.918. The molecule has 6 atom stereocenters. The molecule has 11 heteroatoms. The molecule has 0 aliphatic heterocycles. The summed E-state index contributed by atoms with van der Waals surface area (Å²) < 4.78 is 0. The second-order valence-electron chi connectivity index (χ2n) is 13.4. The van der Waals surface area contributed by atoms with Crippen LogP contribution in [-0.2, 0) is 32.1 Å². The van der Waals surface area contributed by atoms with Crippen LogP contribution in [-0.4, -0.2) is 114 Å². The minimum Gasteiger partial charge on any atom is -0.507 e. The average Bonchev–Trinajstić information content (AvgIpc) is 2.94. The number of amides is 1. The van der Waals surface area contributed by atoms with E-state index in [2.05, 4.69) is 22.9 Å². The Hall–Kier alpha value is -3.77. The highest BCUT2D eigenvalue weighted by atomic mass is 16.3. The number of benzene rings is 2. The van der Waals surface area contributed by atoms with Gasteiger partial charge in [0, 0.05) is 12.5 Å². The molecule has 0 saturated heterocycles. The van der Waals surface area contributed by atoms with Crippen LogP contribution in [0.2, 0.25) is 0 Å². The number of fused-ring (bicyclic) bond motifs is 3. The van der Waals surface area contributed by atoms with Crippen LogP contribution in [0.3, 0.4) is 0 Å². The van der Waals surface area contributed by atoms with Crippen molar-refractivity contribution in [3.8, 4) is 16.9 Å². The summed E-state index contributed by atoms with van der Waals surface area (Å²) in [4.78, 5) is 73.0. The third-order valence-electron chi connectivity index (χ3n) is 9.78. The lowest BCUT2D eigenvalue weighted by atomic mass is 9.52. The first-order chi connectivity index (χ1) is 21.2. The molecule has 2 aromatic rings. The van der Waals surface area contributed by atoms with E-state index < -0.39 is 64.4 Å². The molecule has 1 amide bonds. The first kappa shape index (κ1) is 32.6. The van der Waals surface area contributed by atoms with Gasteiger partial charge in [-0.1, -0.05) is 24.3 Å². The van der Waals surface area contributed by atoms with Gasteiger partial charge in [0.2, 0.25) is 5.91 Å². The molecule has 0 heterocycles. The van der Waals surface area contributed by atoms with Crippen LogP contribution in [0.5, 0.6) is 5.75 Å². The van der Waals surface area contributed by atoms with Crippen molar-refractivity contribution in [2.24, 2.45) is 29.4 Å². The van der Waals surface area contributed by atoms with Crippen LogP contribution in [0.15, 0.2) is 36.4 Å². The highest BCUT2D eigenvalue weighted by Crippen LogP contribution is 2.51. The average molecular weight is 619 g/mol. The molecule has 2 unspecified atom stereocenters. The van der Waals surface area contributed by atoms with E-state index in [9.17, 15) is 34.2 Å². The van der Waals surface area contributed by atoms with Crippen molar-refractivity contribution >= 4 is 29.0 Å². The van der Waals surface area contributed by atoms with Crippen LogP contribution in [0.4, 0.5) is 0 Å². The number of carbonyl (C=O) groups is 5. The van der Waals surface area contributed by atoms with Crippen LogP contribution in [0.25, 0.3) is 11.1 Å². The number of Topliss-reactive ketones (excluding diaryl/α,β-unsaturated/α-hetero) is 4. The molecule has 0 bridgehead atoms. The van der Waals surface area contributed by atoms with Gasteiger partial charge in [-0.2, -0.15) is 0 Å². The number of ketones is 4. The lowest BCUT2D eigenvalue weighted by Crippen LogP contribution is -2.74. The molecule has 5 rings (SSSR count). The summed E-state index contributed by atoms with van der Waals surface area (Å²) in [6.45, 7) is 2.64. The van der Waals surface area contributed by atoms with Gasteiger partial charge >= 0.3 is 0 Å². The van der Waals surface area contributed by atoms with E-state index >= 15 is 0 Å². The summed E-state index contributed by atoms with van der Waals surface area (Å²) >= 11 is 0. The van der Waals surface area contributed by atoms with Gasteiger partial charge in [0.15, 0.2) is 34.7 Å². The van der Waals surface area contributed by atoms with Crippen LogP contribution >= 0.6 is 0 Å². The Morgan fingerprint density at radius 2 is 1.71 bits per heavy atom. The first-order valence-electron chi connectivity index (χ1n) is 15.3. The third kappa shape index (κ3) is 5.52. The van der Waals surface area contributed by atoms with Crippen molar-refractivity contribution in [2.75, 3.05) is 48.3 Å². The zero-order valence-corrected chi connectivity index (χ0v) is 26.4. The smallest absolute Gasteiger partial charge is 0.235 e. The summed E-state index contributed by atoms with van der Waals surface area (Å²) in [7, 11) is 9.30. The lowest BCUT2D eigenvalue weighted by Gasteiger charge is -2.52. The van der Waals surface area contributed by atoms with E-state index in [0.29, 0.717) is 5.56 Å². The van der Waals surface area contributed by atoms with Crippen molar-refractivity contribution < 1.29 is 34.2 Å². The number of phenols is 1. The Balaban J connectivity index is 1.52. The summed E-state index contributed by atoms with van der Waals surface area (Å²) in [5, 5.41) is 22.7. The third-order valence-corrected chi connectivity index (χ3v) is 9.78. The maximum absolute atomic E-state index is 14.1. The van der Waals surface area contributed by atoms with Crippen LogP contribution < -0.4 is 5.73 Å². The minimum absolute atomic E-state index is 0.00898. The summed E-state index contributed by atoms with van der Waals surface area (Å²) in [6, 6.07) is 10.0. The molecule has 4 N–H and O–H groups in total. The molecular weight excluding hydrogens is 576 g/mol. The second-order valence-corrected chi connectivity index (χ2v) is 13.4. The molecule has 240 valence electrons. The summed E-state index contributed by atoms with van der Waals surface area (Å²) in [5.74, 6) is -10.5. The van der Waals surface area contributed by atoms with Gasteiger partial charge in [0.05, 0.1) is 17.5 Å². The SMILES string of the molecule is CN(C)CCCN(C)Cc1cccc(-c2ccc(O)c3c2C[C@H]2C[C@H]4[C@H](N(C)C)C(=O)C(C(N)=O)C(=O)[C@@]4(O)C(=O)C2C3=O)c1. The molecule has 3 aliphatic rings. The normalized spacial score (nSPS) is 28.0. The van der Waals surface area contributed by atoms with Gasteiger partial charge in [-0.25, -0.2) is 0 Å². The van der Waals surface area contributed by atoms with E-state index in [1.165, 1.54) is 11.0 Å². The van der Waals surface area contributed by atoms with Gasteiger partial charge in [0.25, 0.3) is 0 Å². The van der Waals surface area contributed by atoms with Gasteiger partial charge in [-0.05, 0) is 108 Å². The Morgan fingerprint density at radius 3 is 2.36 bits per heavy atom. The Kier molecular flexibility index (Phi) is 8.85. The van der Waals surface area contributed by atoms with E-state index in [1.54, 1.807) is 20.2 Å². The topological polar surface area (TPSA) is 162 Å². The van der Waals surface area contributed by atoms with Crippen molar-refractivity contribution in [3.63, 3.8) is 0 Å². The molecule has 2 fully saturated rings. The number of nitrogens with zero attached hydrogens (tertiary/aromatic N) is 3. The number of primary amides is 1. The number of likely N-dealkylation sites (N-methyl/N-ethyl adjacent to an activating group) is 1. The molecule has 0 spiro atoms. The predicted molar refractivity (Wildman–Crippen MR) is 166 cm³/mol. The van der Waals surface area contributed by atoms with E-state index in [0.717, 1.165) is 42.7 Å². The Bertz CT molecular complexity index is 1570. The molecule has 2 aromatic carbocycles. The molecule has 0 radical (unpaired) electrons. The van der Waals surface area contributed by atoms with Crippen LogP contribution in [0.1, 0.15) is 34.3 Å². The lowest BCUT2D eigenvalue weighted by molar-refractivity contribution is -0.181. The number of phenolic OH excluding ortho intramolecular Hbond substituents is 1. The molecule has 11 nitrogen and oxygen atoms in total. The first-order valence-corrected chi connectivity index (χ1v) is 15.3. The Morgan fingerprint density at radius 1 is 1.00 bits per heavy atom. The number of hydrogen-bond donors (Lipinski definition) is 3. The number of aliphatic hydroxyl groups is 1. The largest absolute Gasteiger partial charge is 0.507 e. The molecule has 0 aromatic heterocycles. The highest BCUT2D eigenvalue weighted by molar-refractivity contribution is 6.32. The minimum atomic E-state index is -2.74. The summed E-state index contributed by atoms with van der Waals surface area (Å²) in [5.41, 5.74) is 5.91. The van der Waals surface area contributed by atoms with Gasteiger partial charge < -0.3 is 25.7 Å². The van der Waals surface area contributed by atoms with Crippen LogP contribution in [0, 0.1) is 23.7 Å². The van der Waals surface area contributed by atoms with Crippen molar-refractivity contribution in [1.29, 1.82) is 0 Å². The number of rotatable bonds is 9. The second kappa shape index (κ2) is 12.2. The fraction of sp³-hybridized carbons (Fsp3) is 0.500. The molecule has 45 heavy (non-hydrogen) atoms. The van der Waals surface area contributed by atoms with E-state index in [1.807, 2.05) is 32.3 Å². The number of aromatic hydroxyl groups is 1. The van der Waals surface area contributed by atoms with Gasteiger partial charge in [-0.3, -0.25) is 28.9 Å². The van der Waals surface area contributed by atoms with E-state index in [-0.39, 0.29) is 24.2 Å². The molecule has 2 saturated carbocycles. The van der Waals surface area contributed by atoms with Crippen molar-refractivity contribution in [1.82, 2.24) is 14.7 Å². The van der Waals surface area contributed by atoms with Crippen molar-refractivity contribution in [2.45, 2.75) is 37.5 Å². The molecule has 3 aliphatic carbocycles. The number of carbonyl (C=O) groups excluding carboxylic acids is 5. The van der Waals surface area contributed by atoms with Crippen molar-refractivity contribution in [3.05, 3.63) is 53.1 Å². The fourth-order valence-electron chi connectivity index (χ4n) is 7.76. The monoisotopic (exact) mass is 618 g/mol. The highest BCUT2D eigenvalue weighted by Gasteiger charge is 2.69. The maximum atomic E-state index is 14.1. The van der Waals surface area contributed by atoms with E-state index in [4.69, 9.17) is 5.73 Å². The molecular formula is C34H42N4O7. The summed E-state index contributed by atoms with van der Waals surface area (Å²) in [6.07, 6.45) is 1.25. The van der Waals surface area contributed by atoms with Gasteiger partial charge in [-0.15, -0.1) is 0 Å². The number of hydrogen-bond acceptors (Lipinski definition) is 10. The van der Waals surface area contributed by atoms with Gasteiger partial charge in [0.1, 0.15) is 5.75 Å². The maximum Gasteiger partial charge on any atom is 0.235 e. The number of nitrogens with two attached hydrogens (primary N) is 1. The zero-order valence-electron chi connectivity index (χ0n) is 26.4.